The van der Waals surface area contributed by atoms with E-state index in [9.17, 15) is 14.9 Å². The van der Waals surface area contributed by atoms with Crippen LogP contribution in [-0.4, -0.2) is 20.6 Å². The fourth-order valence-electron chi connectivity index (χ4n) is 1.96. The van der Waals surface area contributed by atoms with Crippen LogP contribution in [0.1, 0.15) is 21.6 Å². The molecule has 0 bridgehead atoms. The zero-order valence-corrected chi connectivity index (χ0v) is 11.7. The second-order valence-electron chi connectivity index (χ2n) is 4.63. The molecule has 1 aromatic heterocycles. The van der Waals surface area contributed by atoms with E-state index in [1.165, 1.54) is 18.2 Å². The highest BCUT2D eigenvalue weighted by Crippen LogP contribution is 2.22. The van der Waals surface area contributed by atoms with Crippen molar-refractivity contribution >= 4 is 17.3 Å². The van der Waals surface area contributed by atoms with Crippen molar-refractivity contribution < 1.29 is 9.72 Å². The Bertz CT molecular complexity index is 708. The Labute approximate surface area is 120 Å². The van der Waals surface area contributed by atoms with Crippen molar-refractivity contribution in [3.8, 4) is 0 Å². The van der Waals surface area contributed by atoms with Gasteiger partial charge in [-0.1, -0.05) is 0 Å². The van der Waals surface area contributed by atoms with Gasteiger partial charge in [0.05, 0.1) is 10.6 Å². The molecule has 8 heteroatoms. The number of nitro benzene ring substituents is 1. The van der Waals surface area contributed by atoms with Gasteiger partial charge in [0, 0.05) is 37.0 Å². The molecule has 0 unspecified atom stereocenters. The molecule has 8 nitrogen and oxygen atoms in total. The largest absolute Gasteiger partial charge is 0.393 e. The standard InChI is InChI=1S/C13H15N5O3/c1-8-10(7-17(2)16-8)6-15-13(19)9-3-4-12(18(20)21)11(14)5-9/h3-5,7H,6,14H2,1-2H3,(H,15,19). The number of nitrogens with two attached hydrogens (primary N) is 1. The lowest BCUT2D eigenvalue weighted by Crippen LogP contribution is -2.23. The van der Waals surface area contributed by atoms with Crippen LogP contribution < -0.4 is 11.1 Å². The number of rotatable bonds is 4. The number of nitrogens with zero attached hydrogens (tertiary/aromatic N) is 3. The topological polar surface area (TPSA) is 116 Å². The molecule has 1 aromatic carbocycles. The molecule has 1 amide bonds. The van der Waals surface area contributed by atoms with Crippen LogP contribution in [0.3, 0.4) is 0 Å². The number of hydrogen-bond acceptors (Lipinski definition) is 5. The Morgan fingerprint density at radius 2 is 2.24 bits per heavy atom. The Morgan fingerprint density at radius 1 is 1.52 bits per heavy atom. The lowest BCUT2D eigenvalue weighted by atomic mass is 10.1. The number of nitrogen functional groups attached to an aromatic ring is 1. The minimum Gasteiger partial charge on any atom is -0.393 e. The van der Waals surface area contributed by atoms with Gasteiger partial charge in [-0.15, -0.1) is 0 Å². The highest BCUT2D eigenvalue weighted by atomic mass is 16.6. The molecule has 0 aliphatic rings. The first kappa shape index (κ1) is 14.5. The molecule has 0 atom stereocenters. The maximum atomic E-state index is 12.0. The Balaban J connectivity index is 2.09. The van der Waals surface area contributed by atoms with Gasteiger partial charge in [-0.3, -0.25) is 19.6 Å². The van der Waals surface area contributed by atoms with Gasteiger partial charge in [0.15, 0.2) is 0 Å². The summed E-state index contributed by atoms with van der Waals surface area (Å²) < 4.78 is 1.67. The molecule has 0 saturated heterocycles. The zero-order chi connectivity index (χ0) is 15.6. The van der Waals surface area contributed by atoms with Crippen LogP contribution in [-0.2, 0) is 13.6 Å². The molecule has 0 spiro atoms. The molecule has 0 fully saturated rings. The number of nitrogens with one attached hydrogen (secondary N) is 1. The lowest BCUT2D eigenvalue weighted by molar-refractivity contribution is -0.383. The molecular formula is C13H15N5O3. The number of anilines is 1. The zero-order valence-electron chi connectivity index (χ0n) is 11.7. The molecule has 2 rings (SSSR count). The van der Waals surface area contributed by atoms with E-state index in [1.807, 2.05) is 13.1 Å². The number of hydrogen-bond donors (Lipinski definition) is 2. The minimum absolute atomic E-state index is 0.0368. The van der Waals surface area contributed by atoms with Crippen molar-refractivity contribution in [3.63, 3.8) is 0 Å². The molecule has 0 saturated carbocycles. The van der Waals surface area contributed by atoms with Gasteiger partial charge in [0.2, 0.25) is 0 Å². The van der Waals surface area contributed by atoms with E-state index in [0.29, 0.717) is 6.54 Å². The van der Waals surface area contributed by atoms with Crippen molar-refractivity contribution in [2.75, 3.05) is 5.73 Å². The van der Waals surface area contributed by atoms with E-state index in [4.69, 9.17) is 5.73 Å². The van der Waals surface area contributed by atoms with Crippen LogP contribution in [0.5, 0.6) is 0 Å². The van der Waals surface area contributed by atoms with Crippen molar-refractivity contribution in [1.29, 1.82) is 0 Å². The molecule has 0 aliphatic heterocycles. The summed E-state index contributed by atoms with van der Waals surface area (Å²) in [6.45, 7) is 2.18. The average Bonchev–Trinajstić information content (AvgIpc) is 2.73. The molecule has 1 heterocycles. The number of aryl methyl sites for hydroxylation is 2. The molecule has 21 heavy (non-hydrogen) atoms. The Kier molecular flexibility index (Phi) is 3.88. The summed E-state index contributed by atoms with van der Waals surface area (Å²) >= 11 is 0. The molecular weight excluding hydrogens is 274 g/mol. The molecule has 3 N–H and O–H groups in total. The van der Waals surface area contributed by atoms with Crippen molar-refractivity contribution in [2.24, 2.45) is 7.05 Å². The van der Waals surface area contributed by atoms with Crippen LogP contribution in [0, 0.1) is 17.0 Å². The summed E-state index contributed by atoms with van der Waals surface area (Å²) in [4.78, 5) is 22.1. The van der Waals surface area contributed by atoms with Gasteiger partial charge >= 0.3 is 0 Å². The lowest BCUT2D eigenvalue weighted by Gasteiger charge is -2.05. The first-order chi connectivity index (χ1) is 9.88. The summed E-state index contributed by atoms with van der Waals surface area (Å²) in [5.41, 5.74) is 7.32. The molecule has 2 aromatic rings. The molecule has 110 valence electrons. The second-order valence-corrected chi connectivity index (χ2v) is 4.63. The van der Waals surface area contributed by atoms with E-state index < -0.39 is 4.92 Å². The monoisotopic (exact) mass is 289 g/mol. The maximum Gasteiger partial charge on any atom is 0.292 e. The minimum atomic E-state index is -0.587. The van der Waals surface area contributed by atoms with Gasteiger partial charge in [-0.2, -0.15) is 5.10 Å². The average molecular weight is 289 g/mol. The third-order valence-corrected chi connectivity index (χ3v) is 3.04. The van der Waals surface area contributed by atoms with Crippen LogP contribution >= 0.6 is 0 Å². The highest BCUT2D eigenvalue weighted by molar-refractivity contribution is 5.95. The molecule has 0 aliphatic carbocycles. The summed E-state index contributed by atoms with van der Waals surface area (Å²) in [5.74, 6) is -0.347. The third kappa shape index (κ3) is 3.16. The number of carbonyl (C=O) groups is 1. The van der Waals surface area contributed by atoms with Crippen molar-refractivity contribution in [1.82, 2.24) is 15.1 Å². The van der Waals surface area contributed by atoms with E-state index in [1.54, 1.807) is 11.7 Å². The number of aromatic nitrogens is 2. The fourth-order valence-corrected chi connectivity index (χ4v) is 1.96. The first-order valence-electron chi connectivity index (χ1n) is 6.19. The Hall–Kier alpha value is -2.90. The number of amides is 1. The van der Waals surface area contributed by atoms with Gasteiger partial charge in [0.1, 0.15) is 5.69 Å². The Morgan fingerprint density at radius 3 is 2.76 bits per heavy atom. The third-order valence-electron chi connectivity index (χ3n) is 3.04. The van der Waals surface area contributed by atoms with Gasteiger partial charge in [0.25, 0.3) is 11.6 Å². The van der Waals surface area contributed by atoms with Crippen LogP contribution in [0.25, 0.3) is 0 Å². The predicted octanol–water partition coefficient (Wildman–Crippen LogP) is 1.15. The first-order valence-corrected chi connectivity index (χ1v) is 6.19. The summed E-state index contributed by atoms with van der Waals surface area (Å²) in [6.07, 6.45) is 1.82. The summed E-state index contributed by atoms with van der Waals surface area (Å²) in [6, 6.07) is 3.89. The van der Waals surface area contributed by atoms with Gasteiger partial charge in [-0.05, 0) is 19.1 Å². The van der Waals surface area contributed by atoms with Gasteiger partial charge in [-0.25, -0.2) is 0 Å². The predicted molar refractivity (Wildman–Crippen MR) is 76.6 cm³/mol. The van der Waals surface area contributed by atoms with Crippen molar-refractivity contribution in [2.45, 2.75) is 13.5 Å². The van der Waals surface area contributed by atoms with E-state index >= 15 is 0 Å². The van der Waals surface area contributed by atoms with Crippen LogP contribution in [0.15, 0.2) is 24.4 Å². The fraction of sp³-hybridized carbons (Fsp3) is 0.231. The maximum absolute atomic E-state index is 12.0. The molecule has 0 radical (unpaired) electrons. The van der Waals surface area contributed by atoms with Gasteiger partial charge < -0.3 is 11.1 Å². The summed E-state index contributed by atoms with van der Waals surface area (Å²) in [7, 11) is 1.80. The van der Waals surface area contributed by atoms with E-state index in [-0.39, 0.29) is 22.8 Å². The quantitative estimate of drug-likeness (QED) is 0.497. The van der Waals surface area contributed by atoms with Crippen LogP contribution in [0.4, 0.5) is 11.4 Å². The number of carbonyl (C=O) groups excluding carboxylic acids is 1. The normalized spacial score (nSPS) is 10.4. The summed E-state index contributed by atoms with van der Waals surface area (Å²) in [5, 5.41) is 17.6. The van der Waals surface area contributed by atoms with E-state index in [2.05, 4.69) is 10.4 Å². The number of nitro groups is 1. The van der Waals surface area contributed by atoms with Crippen molar-refractivity contribution in [3.05, 3.63) is 51.3 Å². The SMILES string of the molecule is Cc1nn(C)cc1CNC(=O)c1ccc([N+](=O)[O-])c(N)c1. The van der Waals surface area contributed by atoms with Crippen LogP contribution in [0.2, 0.25) is 0 Å². The second kappa shape index (κ2) is 5.61. The number of benzene rings is 1. The van der Waals surface area contributed by atoms with E-state index in [0.717, 1.165) is 11.3 Å². The smallest absolute Gasteiger partial charge is 0.292 e. The highest BCUT2D eigenvalue weighted by Gasteiger charge is 2.14.